The summed E-state index contributed by atoms with van der Waals surface area (Å²) in [4.78, 5) is 20.2. The van der Waals surface area contributed by atoms with Gasteiger partial charge in [-0.15, -0.1) is 0 Å². The van der Waals surface area contributed by atoms with Crippen molar-refractivity contribution in [2.75, 3.05) is 5.75 Å². The van der Waals surface area contributed by atoms with E-state index >= 15 is 0 Å². The molecule has 0 aromatic carbocycles. The van der Waals surface area contributed by atoms with Gasteiger partial charge in [0, 0.05) is 24.7 Å². The fraction of sp³-hybridized carbons (Fsp3) is 0.500. The lowest BCUT2D eigenvalue weighted by atomic mass is 10.2. The molecule has 2 aromatic heterocycles. The van der Waals surface area contributed by atoms with Crippen LogP contribution in [0.5, 0.6) is 0 Å². The van der Waals surface area contributed by atoms with Crippen molar-refractivity contribution in [2.45, 2.75) is 43.9 Å². The number of carbonyl (C=O) groups is 1. The molecule has 1 fully saturated rings. The van der Waals surface area contributed by atoms with Gasteiger partial charge in [-0.3, -0.25) is 4.79 Å². The lowest BCUT2D eigenvalue weighted by molar-refractivity contribution is -0.120. The largest absolute Gasteiger partial charge is 0.352 e. The molecule has 0 bridgehead atoms. The van der Waals surface area contributed by atoms with E-state index in [2.05, 4.69) is 20.4 Å². The zero-order valence-electron chi connectivity index (χ0n) is 13.8. The highest BCUT2D eigenvalue weighted by molar-refractivity contribution is 7.92. The molecule has 2 aromatic rings. The summed E-state index contributed by atoms with van der Waals surface area (Å²) in [5, 5.41) is 6.53. The molecule has 134 valence electrons. The molecule has 1 saturated carbocycles. The zero-order chi connectivity index (χ0) is 17.7. The quantitative estimate of drug-likeness (QED) is 0.787. The molecule has 0 unspecified atom stereocenters. The second kappa shape index (κ2) is 7.73. The third kappa shape index (κ3) is 4.41. The average molecular weight is 363 g/mol. The molecule has 9 heteroatoms. The first-order valence-electron chi connectivity index (χ1n) is 8.33. The Labute approximate surface area is 146 Å². The number of aromatic nitrogens is 4. The lowest BCUT2D eigenvalue weighted by Gasteiger charge is -2.12. The fourth-order valence-electron chi connectivity index (χ4n) is 3.02. The van der Waals surface area contributed by atoms with Gasteiger partial charge in [0.05, 0.1) is 11.0 Å². The topological polar surface area (TPSA) is 107 Å². The maximum atomic E-state index is 12.2. The summed E-state index contributed by atoms with van der Waals surface area (Å²) in [6.45, 7) is 0.255. The average Bonchev–Trinajstić information content (AvgIpc) is 3.32. The predicted molar refractivity (Wildman–Crippen MR) is 91.7 cm³/mol. The molecule has 1 amide bonds. The number of pyridine rings is 1. The highest BCUT2D eigenvalue weighted by Gasteiger charge is 2.28. The van der Waals surface area contributed by atoms with Crippen LogP contribution in [0.3, 0.4) is 0 Å². The SMILES string of the molecule is O=C(CCS(=O)(=O)C1CCCC1)NCc1cccnc1-n1cncn1. The van der Waals surface area contributed by atoms with E-state index in [0.29, 0.717) is 5.82 Å². The molecular formula is C16H21N5O3S. The van der Waals surface area contributed by atoms with Crippen molar-refractivity contribution < 1.29 is 13.2 Å². The molecule has 2 heterocycles. The Hall–Kier alpha value is -2.29. The van der Waals surface area contributed by atoms with Gasteiger partial charge < -0.3 is 5.32 Å². The van der Waals surface area contributed by atoms with Gasteiger partial charge in [-0.05, 0) is 18.9 Å². The van der Waals surface area contributed by atoms with Crippen molar-refractivity contribution in [1.29, 1.82) is 0 Å². The van der Waals surface area contributed by atoms with Crippen LogP contribution in [0.15, 0.2) is 31.0 Å². The van der Waals surface area contributed by atoms with Crippen LogP contribution in [-0.4, -0.2) is 45.1 Å². The number of hydrogen-bond acceptors (Lipinski definition) is 6. The second-order valence-electron chi connectivity index (χ2n) is 6.13. The standard InChI is InChI=1S/C16H21N5O3S/c22-15(7-9-25(23,24)14-5-1-2-6-14)19-10-13-4-3-8-18-16(13)21-12-17-11-20-21/h3-4,8,11-12,14H,1-2,5-7,9-10H2,(H,19,22). The van der Waals surface area contributed by atoms with Gasteiger partial charge in [0.2, 0.25) is 5.91 Å². The smallest absolute Gasteiger partial charge is 0.221 e. The van der Waals surface area contributed by atoms with Gasteiger partial charge in [0.1, 0.15) is 12.7 Å². The maximum absolute atomic E-state index is 12.2. The fourth-order valence-corrected chi connectivity index (χ4v) is 4.88. The Morgan fingerprint density at radius 2 is 2.12 bits per heavy atom. The molecule has 0 atom stereocenters. The summed E-state index contributed by atoms with van der Waals surface area (Å²) < 4.78 is 25.9. The zero-order valence-corrected chi connectivity index (χ0v) is 14.7. The van der Waals surface area contributed by atoms with E-state index in [-0.39, 0.29) is 29.9 Å². The Morgan fingerprint density at radius 3 is 2.84 bits per heavy atom. The molecule has 3 rings (SSSR count). The number of nitrogens with zero attached hydrogens (tertiary/aromatic N) is 4. The van der Waals surface area contributed by atoms with Gasteiger partial charge in [0.15, 0.2) is 15.7 Å². The summed E-state index contributed by atoms with van der Waals surface area (Å²) in [6.07, 6.45) is 7.92. The number of amides is 1. The Kier molecular flexibility index (Phi) is 5.42. The highest BCUT2D eigenvalue weighted by atomic mass is 32.2. The summed E-state index contributed by atoms with van der Waals surface area (Å²) in [7, 11) is -3.18. The van der Waals surface area contributed by atoms with Gasteiger partial charge in [0.25, 0.3) is 0 Å². The van der Waals surface area contributed by atoms with Gasteiger partial charge >= 0.3 is 0 Å². The number of rotatable bonds is 7. The maximum Gasteiger partial charge on any atom is 0.221 e. The Balaban J connectivity index is 1.55. The molecule has 8 nitrogen and oxygen atoms in total. The first-order valence-corrected chi connectivity index (χ1v) is 10.0. The van der Waals surface area contributed by atoms with E-state index in [1.807, 2.05) is 6.07 Å². The van der Waals surface area contributed by atoms with Crippen molar-refractivity contribution in [3.8, 4) is 5.82 Å². The van der Waals surface area contributed by atoms with Crippen LogP contribution in [0.1, 0.15) is 37.7 Å². The first kappa shape index (κ1) is 17.5. The van der Waals surface area contributed by atoms with Crippen LogP contribution in [-0.2, 0) is 21.2 Å². The van der Waals surface area contributed by atoms with E-state index < -0.39 is 9.84 Å². The molecule has 0 aliphatic heterocycles. The minimum Gasteiger partial charge on any atom is -0.352 e. The van der Waals surface area contributed by atoms with E-state index in [1.54, 1.807) is 12.3 Å². The predicted octanol–water partition coefficient (Wildman–Crippen LogP) is 1.03. The number of carbonyl (C=O) groups excluding carboxylic acids is 1. The first-order chi connectivity index (χ1) is 12.1. The summed E-state index contributed by atoms with van der Waals surface area (Å²) in [5.74, 6) is 0.209. The van der Waals surface area contributed by atoms with Crippen molar-refractivity contribution in [2.24, 2.45) is 0 Å². The molecule has 1 aliphatic carbocycles. The van der Waals surface area contributed by atoms with E-state index in [0.717, 1.165) is 31.2 Å². The van der Waals surface area contributed by atoms with Crippen molar-refractivity contribution >= 4 is 15.7 Å². The minimum atomic E-state index is -3.18. The molecule has 0 spiro atoms. The van der Waals surface area contributed by atoms with Crippen molar-refractivity contribution in [1.82, 2.24) is 25.1 Å². The van der Waals surface area contributed by atoms with Crippen LogP contribution in [0.4, 0.5) is 0 Å². The Bertz CT molecular complexity index is 814. The van der Waals surface area contributed by atoms with Crippen LogP contribution in [0.2, 0.25) is 0 Å². The third-order valence-corrected chi connectivity index (χ3v) is 6.66. The van der Waals surface area contributed by atoms with Crippen LogP contribution in [0.25, 0.3) is 5.82 Å². The van der Waals surface area contributed by atoms with Gasteiger partial charge in [-0.25, -0.2) is 23.1 Å². The van der Waals surface area contributed by atoms with Crippen LogP contribution >= 0.6 is 0 Å². The number of sulfone groups is 1. The van der Waals surface area contributed by atoms with Gasteiger partial charge in [-0.2, -0.15) is 5.10 Å². The monoisotopic (exact) mass is 363 g/mol. The van der Waals surface area contributed by atoms with E-state index in [4.69, 9.17) is 0 Å². The lowest BCUT2D eigenvalue weighted by Crippen LogP contribution is -2.28. The normalized spacial score (nSPS) is 15.4. The Morgan fingerprint density at radius 1 is 1.32 bits per heavy atom. The molecular weight excluding hydrogens is 342 g/mol. The molecule has 0 saturated heterocycles. The summed E-state index contributed by atoms with van der Waals surface area (Å²) >= 11 is 0. The third-order valence-electron chi connectivity index (χ3n) is 4.40. The molecule has 25 heavy (non-hydrogen) atoms. The van der Waals surface area contributed by atoms with Crippen LogP contribution in [0, 0.1) is 0 Å². The van der Waals surface area contributed by atoms with Crippen molar-refractivity contribution in [3.05, 3.63) is 36.5 Å². The number of nitrogens with one attached hydrogen (secondary N) is 1. The minimum absolute atomic E-state index is 0.0161. The second-order valence-corrected chi connectivity index (χ2v) is 8.53. The molecule has 0 radical (unpaired) electrons. The van der Waals surface area contributed by atoms with Crippen LogP contribution < -0.4 is 5.32 Å². The summed E-state index contributed by atoms with van der Waals surface area (Å²) in [6, 6.07) is 3.60. The molecule has 1 aliphatic rings. The summed E-state index contributed by atoms with van der Waals surface area (Å²) in [5.41, 5.74) is 0.778. The van der Waals surface area contributed by atoms with Crippen molar-refractivity contribution in [3.63, 3.8) is 0 Å². The van der Waals surface area contributed by atoms with E-state index in [1.165, 1.54) is 17.3 Å². The number of hydrogen-bond donors (Lipinski definition) is 1. The van der Waals surface area contributed by atoms with E-state index in [9.17, 15) is 13.2 Å². The molecule has 1 N–H and O–H groups in total. The van der Waals surface area contributed by atoms with Gasteiger partial charge in [-0.1, -0.05) is 18.9 Å². The highest BCUT2D eigenvalue weighted by Crippen LogP contribution is 2.25.